The second-order valence-corrected chi connectivity index (χ2v) is 9.10. The number of pyridine rings is 2. The lowest BCUT2D eigenvalue weighted by Gasteiger charge is -2.23. The van der Waals surface area contributed by atoms with Crippen molar-refractivity contribution in [3.8, 4) is 17.2 Å². The average Bonchev–Trinajstić information content (AvgIpc) is 3.33. The SMILES string of the molecule is C=NCc1c(SCc2ccnc(C(=O)NC)c2)nc(N2CCC(O)C2)c(C#N)c1-c1ccccc1. The number of aromatic nitrogens is 2. The van der Waals surface area contributed by atoms with Crippen LogP contribution in [0.4, 0.5) is 5.82 Å². The summed E-state index contributed by atoms with van der Waals surface area (Å²) < 4.78 is 0. The average molecular weight is 487 g/mol. The Hall–Kier alpha value is -3.74. The van der Waals surface area contributed by atoms with Gasteiger partial charge in [0.1, 0.15) is 28.2 Å². The molecule has 1 atom stereocenters. The van der Waals surface area contributed by atoms with E-state index in [1.807, 2.05) is 41.3 Å². The molecule has 9 heteroatoms. The molecular formula is C26H26N6O2S. The predicted molar refractivity (Wildman–Crippen MR) is 138 cm³/mol. The maximum Gasteiger partial charge on any atom is 0.269 e. The van der Waals surface area contributed by atoms with Gasteiger partial charge in [0.15, 0.2) is 0 Å². The minimum Gasteiger partial charge on any atom is -0.391 e. The number of aliphatic imine (C=N–C) groups is 1. The molecule has 1 fully saturated rings. The van der Waals surface area contributed by atoms with Gasteiger partial charge in [0, 0.05) is 43.2 Å². The molecule has 4 rings (SSSR count). The van der Waals surface area contributed by atoms with Crippen molar-refractivity contribution < 1.29 is 9.90 Å². The lowest BCUT2D eigenvalue weighted by atomic mass is 9.96. The Balaban J connectivity index is 1.82. The number of hydrogen-bond donors (Lipinski definition) is 2. The highest BCUT2D eigenvalue weighted by atomic mass is 32.2. The molecular weight excluding hydrogens is 460 g/mol. The van der Waals surface area contributed by atoms with Gasteiger partial charge in [-0.2, -0.15) is 5.26 Å². The molecule has 0 aliphatic carbocycles. The van der Waals surface area contributed by atoms with Gasteiger partial charge in [-0.05, 0) is 36.4 Å². The number of nitriles is 1. The molecule has 1 saturated heterocycles. The molecule has 178 valence electrons. The third-order valence-corrected chi connectivity index (χ3v) is 6.90. The first-order chi connectivity index (χ1) is 17.0. The number of carbonyl (C=O) groups is 1. The zero-order chi connectivity index (χ0) is 24.8. The first kappa shape index (κ1) is 24.4. The van der Waals surface area contributed by atoms with Crippen LogP contribution in [0.3, 0.4) is 0 Å². The Labute approximate surface area is 208 Å². The summed E-state index contributed by atoms with van der Waals surface area (Å²) in [6, 6.07) is 15.7. The molecule has 2 aromatic heterocycles. The van der Waals surface area contributed by atoms with Gasteiger partial charge in [0.25, 0.3) is 5.91 Å². The van der Waals surface area contributed by atoms with E-state index in [1.54, 1.807) is 19.3 Å². The summed E-state index contributed by atoms with van der Waals surface area (Å²) in [5.41, 5.74) is 4.26. The lowest BCUT2D eigenvalue weighted by Crippen LogP contribution is -2.24. The zero-order valence-electron chi connectivity index (χ0n) is 19.4. The second kappa shape index (κ2) is 11.1. The Morgan fingerprint density at radius 3 is 2.83 bits per heavy atom. The van der Waals surface area contributed by atoms with E-state index in [0.717, 1.165) is 27.3 Å². The number of rotatable bonds is 8. The number of β-amino-alcohol motifs (C(OH)–C–C–N with tert-alkyl or cyclic N) is 1. The lowest BCUT2D eigenvalue weighted by molar-refractivity contribution is 0.0958. The van der Waals surface area contributed by atoms with E-state index < -0.39 is 6.10 Å². The van der Waals surface area contributed by atoms with E-state index in [0.29, 0.717) is 48.9 Å². The Morgan fingerprint density at radius 1 is 1.37 bits per heavy atom. The van der Waals surface area contributed by atoms with Crippen LogP contribution in [0.1, 0.15) is 33.6 Å². The highest BCUT2D eigenvalue weighted by Gasteiger charge is 2.28. The van der Waals surface area contributed by atoms with Crippen LogP contribution in [0.25, 0.3) is 11.1 Å². The molecule has 3 aromatic rings. The summed E-state index contributed by atoms with van der Waals surface area (Å²) in [7, 11) is 1.57. The van der Waals surface area contributed by atoms with Gasteiger partial charge in [0.05, 0.1) is 12.6 Å². The Kier molecular flexibility index (Phi) is 7.75. The molecule has 0 radical (unpaired) electrons. The molecule has 0 spiro atoms. The van der Waals surface area contributed by atoms with Crippen molar-refractivity contribution in [1.29, 1.82) is 5.26 Å². The van der Waals surface area contributed by atoms with Crippen LogP contribution in [0, 0.1) is 11.3 Å². The normalized spacial score (nSPS) is 15.0. The Bertz CT molecular complexity index is 1270. The fourth-order valence-electron chi connectivity index (χ4n) is 4.13. The number of nitrogens with one attached hydrogen (secondary N) is 1. The zero-order valence-corrected chi connectivity index (χ0v) is 20.3. The molecule has 1 aromatic carbocycles. The van der Waals surface area contributed by atoms with Crippen molar-refractivity contribution in [3.63, 3.8) is 0 Å². The second-order valence-electron chi connectivity index (χ2n) is 8.13. The first-order valence-electron chi connectivity index (χ1n) is 11.2. The number of aliphatic hydroxyl groups is 1. The number of amides is 1. The van der Waals surface area contributed by atoms with Crippen molar-refractivity contribution in [2.75, 3.05) is 25.0 Å². The van der Waals surface area contributed by atoms with E-state index >= 15 is 0 Å². The van der Waals surface area contributed by atoms with E-state index in [1.165, 1.54) is 11.8 Å². The van der Waals surface area contributed by atoms with Crippen molar-refractivity contribution in [3.05, 3.63) is 71.0 Å². The maximum atomic E-state index is 12.0. The monoisotopic (exact) mass is 486 g/mol. The quantitative estimate of drug-likeness (QED) is 0.370. The summed E-state index contributed by atoms with van der Waals surface area (Å²) >= 11 is 1.51. The van der Waals surface area contributed by atoms with Crippen LogP contribution in [-0.2, 0) is 12.3 Å². The maximum absolute atomic E-state index is 12.0. The number of carbonyl (C=O) groups excluding carboxylic acids is 1. The van der Waals surface area contributed by atoms with E-state index in [4.69, 9.17) is 4.98 Å². The summed E-state index contributed by atoms with van der Waals surface area (Å²) in [5, 5.41) is 23.7. The predicted octanol–water partition coefficient (Wildman–Crippen LogP) is 3.44. The van der Waals surface area contributed by atoms with Gasteiger partial charge in [0.2, 0.25) is 0 Å². The van der Waals surface area contributed by atoms with Gasteiger partial charge in [-0.25, -0.2) is 4.98 Å². The van der Waals surface area contributed by atoms with Crippen LogP contribution in [0.2, 0.25) is 0 Å². The number of anilines is 1. The van der Waals surface area contributed by atoms with Crippen molar-refractivity contribution in [1.82, 2.24) is 15.3 Å². The third-order valence-electron chi connectivity index (χ3n) is 5.81. The van der Waals surface area contributed by atoms with Crippen LogP contribution in [-0.4, -0.2) is 53.9 Å². The fraction of sp³-hybridized carbons (Fsp3) is 0.269. The largest absolute Gasteiger partial charge is 0.391 e. The third kappa shape index (κ3) is 5.34. The molecule has 0 bridgehead atoms. The van der Waals surface area contributed by atoms with Gasteiger partial charge >= 0.3 is 0 Å². The summed E-state index contributed by atoms with van der Waals surface area (Å²) in [4.78, 5) is 27.2. The first-order valence-corrected chi connectivity index (χ1v) is 12.2. The number of aliphatic hydroxyl groups excluding tert-OH is 1. The molecule has 3 heterocycles. The molecule has 1 aliphatic rings. The molecule has 2 N–H and O–H groups in total. The summed E-state index contributed by atoms with van der Waals surface area (Å²) in [6.07, 6.45) is 1.80. The molecule has 1 unspecified atom stereocenters. The summed E-state index contributed by atoms with van der Waals surface area (Å²) in [6.45, 7) is 5.05. The fourth-order valence-corrected chi connectivity index (χ4v) is 5.10. The van der Waals surface area contributed by atoms with E-state index in [9.17, 15) is 15.2 Å². The number of thioether (sulfide) groups is 1. The Morgan fingerprint density at radius 2 is 2.17 bits per heavy atom. The van der Waals surface area contributed by atoms with Crippen LogP contribution in [0.5, 0.6) is 0 Å². The van der Waals surface area contributed by atoms with Crippen molar-refractivity contribution in [2.24, 2.45) is 4.99 Å². The summed E-state index contributed by atoms with van der Waals surface area (Å²) in [5.74, 6) is 0.872. The van der Waals surface area contributed by atoms with Crippen LogP contribution in [0.15, 0.2) is 58.7 Å². The molecule has 1 amide bonds. The highest BCUT2D eigenvalue weighted by molar-refractivity contribution is 7.98. The molecule has 8 nitrogen and oxygen atoms in total. The molecule has 0 saturated carbocycles. The van der Waals surface area contributed by atoms with Gasteiger partial charge in [-0.15, -0.1) is 11.8 Å². The minimum atomic E-state index is -0.450. The minimum absolute atomic E-state index is 0.244. The van der Waals surface area contributed by atoms with Crippen LogP contribution >= 0.6 is 11.8 Å². The van der Waals surface area contributed by atoms with E-state index in [-0.39, 0.29) is 5.91 Å². The topological polar surface area (TPSA) is 114 Å². The highest BCUT2D eigenvalue weighted by Crippen LogP contribution is 2.40. The van der Waals surface area contributed by atoms with Gasteiger partial charge in [-0.1, -0.05) is 30.3 Å². The van der Waals surface area contributed by atoms with Gasteiger partial charge in [-0.3, -0.25) is 14.8 Å². The number of benzene rings is 1. The molecule has 35 heavy (non-hydrogen) atoms. The number of nitrogens with zero attached hydrogens (tertiary/aromatic N) is 5. The smallest absolute Gasteiger partial charge is 0.269 e. The van der Waals surface area contributed by atoms with Gasteiger partial charge < -0.3 is 15.3 Å². The van der Waals surface area contributed by atoms with Crippen molar-refractivity contribution >= 4 is 30.2 Å². The van der Waals surface area contributed by atoms with E-state index in [2.05, 4.69) is 28.1 Å². The standard InChI is InChI=1S/C26H26N6O2S/c1-28-14-21-23(18-6-4-3-5-7-18)20(13-27)24(32-11-9-19(33)15-32)31-26(21)35-16-17-8-10-30-22(12-17)25(34)29-2/h3-8,10,12,19,33H,1,9,11,14-16H2,2H3,(H,29,34). The molecule has 1 aliphatic heterocycles. The van der Waals surface area contributed by atoms with Crippen molar-refractivity contribution in [2.45, 2.75) is 29.8 Å². The van der Waals surface area contributed by atoms with Crippen LogP contribution < -0.4 is 10.2 Å². The number of hydrogen-bond acceptors (Lipinski definition) is 8.